The maximum Gasteiger partial charge on any atom is 0.251 e. The molecule has 0 radical (unpaired) electrons. The van der Waals surface area contributed by atoms with Crippen molar-refractivity contribution in [2.24, 2.45) is 0 Å². The second-order valence-electron chi connectivity index (χ2n) is 3.76. The summed E-state index contributed by atoms with van der Waals surface area (Å²) in [6.45, 7) is 4.19. The van der Waals surface area contributed by atoms with Gasteiger partial charge in [-0.05, 0) is 32.4 Å². The molecule has 15 heavy (non-hydrogen) atoms. The molecule has 0 aliphatic rings. The Hall–Kier alpha value is -1.35. The molecule has 2 N–H and O–H groups in total. The van der Waals surface area contributed by atoms with E-state index in [1.807, 2.05) is 19.1 Å². The zero-order chi connectivity index (χ0) is 11.3. The number of carbonyl (C=O) groups is 1. The maximum absolute atomic E-state index is 11.5. The monoisotopic (exact) mass is 207 g/mol. The third-order valence-corrected chi connectivity index (χ3v) is 2.16. The quantitative estimate of drug-likeness (QED) is 0.786. The standard InChI is InChI=1S/C12H17NO2/c1-9-3-5-11(6-4-9)12(15)13-8-7-10(2)14/h3-6,10,14H,7-8H2,1-2H3,(H,13,15). The van der Waals surface area contributed by atoms with Crippen molar-refractivity contribution >= 4 is 5.91 Å². The first-order chi connectivity index (χ1) is 7.09. The molecule has 1 aromatic carbocycles. The highest BCUT2D eigenvalue weighted by molar-refractivity contribution is 5.94. The third-order valence-electron chi connectivity index (χ3n) is 2.16. The Morgan fingerprint density at radius 2 is 2.00 bits per heavy atom. The van der Waals surface area contributed by atoms with Crippen molar-refractivity contribution in [2.45, 2.75) is 26.4 Å². The number of aliphatic hydroxyl groups excluding tert-OH is 1. The molecule has 0 fully saturated rings. The van der Waals surface area contributed by atoms with Crippen LogP contribution in [0.5, 0.6) is 0 Å². The molecular weight excluding hydrogens is 190 g/mol. The molecule has 3 heteroatoms. The summed E-state index contributed by atoms with van der Waals surface area (Å²) in [6, 6.07) is 7.41. The van der Waals surface area contributed by atoms with Gasteiger partial charge in [-0.25, -0.2) is 0 Å². The number of hydrogen-bond acceptors (Lipinski definition) is 2. The lowest BCUT2D eigenvalue weighted by Gasteiger charge is -2.06. The topological polar surface area (TPSA) is 49.3 Å². The van der Waals surface area contributed by atoms with Crippen LogP contribution in [-0.2, 0) is 0 Å². The van der Waals surface area contributed by atoms with Crippen molar-refractivity contribution in [3.8, 4) is 0 Å². The summed E-state index contributed by atoms with van der Waals surface area (Å²) in [5.74, 6) is -0.0874. The predicted molar refractivity (Wildman–Crippen MR) is 59.8 cm³/mol. The first kappa shape index (κ1) is 11.7. The summed E-state index contributed by atoms with van der Waals surface area (Å²) >= 11 is 0. The van der Waals surface area contributed by atoms with Crippen LogP contribution in [0.2, 0.25) is 0 Å². The molecule has 0 saturated heterocycles. The van der Waals surface area contributed by atoms with Crippen LogP contribution in [0.3, 0.4) is 0 Å². The van der Waals surface area contributed by atoms with Crippen LogP contribution in [0.15, 0.2) is 24.3 Å². The molecule has 3 nitrogen and oxygen atoms in total. The Morgan fingerprint density at radius 3 is 2.53 bits per heavy atom. The molecule has 1 aromatic rings. The SMILES string of the molecule is Cc1ccc(C(=O)NCCC(C)O)cc1. The maximum atomic E-state index is 11.5. The molecule has 0 aliphatic heterocycles. The van der Waals surface area contributed by atoms with Gasteiger partial charge in [0, 0.05) is 12.1 Å². The summed E-state index contributed by atoms with van der Waals surface area (Å²) in [7, 11) is 0. The van der Waals surface area contributed by atoms with Crippen LogP contribution in [0.4, 0.5) is 0 Å². The van der Waals surface area contributed by atoms with Gasteiger partial charge in [0.15, 0.2) is 0 Å². The van der Waals surface area contributed by atoms with E-state index in [9.17, 15) is 4.79 Å². The average molecular weight is 207 g/mol. The second kappa shape index (κ2) is 5.51. The molecule has 0 spiro atoms. The molecule has 1 unspecified atom stereocenters. The average Bonchev–Trinajstić information content (AvgIpc) is 2.18. The number of aryl methyl sites for hydroxylation is 1. The van der Waals surface area contributed by atoms with Gasteiger partial charge < -0.3 is 10.4 Å². The molecule has 0 bridgehead atoms. The molecule has 0 aliphatic carbocycles. The van der Waals surface area contributed by atoms with Crippen LogP contribution in [-0.4, -0.2) is 23.7 Å². The van der Waals surface area contributed by atoms with Gasteiger partial charge in [0.05, 0.1) is 6.10 Å². The summed E-state index contributed by atoms with van der Waals surface area (Å²) < 4.78 is 0. The number of amides is 1. The van der Waals surface area contributed by atoms with E-state index in [4.69, 9.17) is 5.11 Å². The largest absolute Gasteiger partial charge is 0.393 e. The zero-order valence-electron chi connectivity index (χ0n) is 9.16. The Kier molecular flexibility index (Phi) is 4.31. The fourth-order valence-corrected chi connectivity index (χ4v) is 1.20. The van der Waals surface area contributed by atoms with Gasteiger partial charge in [-0.3, -0.25) is 4.79 Å². The molecule has 0 aromatic heterocycles. The second-order valence-corrected chi connectivity index (χ2v) is 3.76. The zero-order valence-corrected chi connectivity index (χ0v) is 9.16. The van der Waals surface area contributed by atoms with Crippen molar-refractivity contribution in [3.63, 3.8) is 0 Å². The van der Waals surface area contributed by atoms with E-state index in [1.54, 1.807) is 19.1 Å². The number of carbonyl (C=O) groups excluding carboxylic acids is 1. The molecule has 0 heterocycles. The molecule has 1 rings (SSSR count). The Bertz CT molecular complexity index is 317. The van der Waals surface area contributed by atoms with Crippen molar-refractivity contribution in [3.05, 3.63) is 35.4 Å². The minimum Gasteiger partial charge on any atom is -0.393 e. The fraction of sp³-hybridized carbons (Fsp3) is 0.417. The van der Waals surface area contributed by atoms with E-state index >= 15 is 0 Å². The summed E-state index contributed by atoms with van der Waals surface area (Å²) in [4.78, 5) is 11.5. The highest BCUT2D eigenvalue weighted by atomic mass is 16.3. The molecule has 1 amide bonds. The summed E-state index contributed by atoms with van der Waals surface area (Å²) in [5.41, 5.74) is 1.79. The van der Waals surface area contributed by atoms with E-state index < -0.39 is 0 Å². The van der Waals surface area contributed by atoms with Crippen LogP contribution >= 0.6 is 0 Å². The van der Waals surface area contributed by atoms with Crippen LogP contribution in [0, 0.1) is 6.92 Å². The van der Waals surface area contributed by atoms with Gasteiger partial charge in [-0.2, -0.15) is 0 Å². The Balaban J connectivity index is 2.43. The van der Waals surface area contributed by atoms with E-state index in [2.05, 4.69) is 5.32 Å². The first-order valence-electron chi connectivity index (χ1n) is 5.12. The first-order valence-corrected chi connectivity index (χ1v) is 5.12. The van der Waals surface area contributed by atoms with E-state index in [0.717, 1.165) is 5.56 Å². The van der Waals surface area contributed by atoms with Crippen molar-refractivity contribution in [1.29, 1.82) is 0 Å². The van der Waals surface area contributed by atoms with Crippen LogP contribution in [0.1, 0.15) is 29.3 Å². The van der Waals surface area contributed by atoms with E-state index in [0.29, 0.717) is 18.5 Å². The number of rotatable bonds is 4. The van der Waals surface area contributed by atoms with Gasteiger partial charge >= 0.3 is 0 Å². The van der Waals surface area contributed by atoms with Gasteiger partial charge in [-0.1, -0.05) is 17.7 Å². The van der Waals surface area contributed by atoms with Crippen molar-refractivity contribution in [1.82, 2.24) is 5.32 Å². The number of benzene rings is 1. The normalized spacial score (nSPS) is 12.2. The van der Waals surface area contributed by atoms with E-state index in [-0.39, 0.29) is 12.0 Å². The molecule has 0 saturated carbocycles. The molecule has 82 valence electrons. The third kappa shape index (κ3) is 4.13. The minimum absolute atomic E-state index is 0.0874. The minimum atomic E-state index is -0.372. The van der Waals surface area contributed by atoms with Crippen molar-refractivity contribution in [2.75, 3.05) is 6.54 Å². The lowest BCUT2D eigenvalue weighted by molar-refractivity contribution is 0.0945. The highest BCUT2D eigenvalue weighted by Gasteiger charge is 2.04. The van der Waals surface area contributed by atoms with Crippen LogP contribution in [0.25, 0.3) is 0 Å². The lowest BCUT2D eigenvalue weighted by Crippen LogP contribution is -2.26. The fourth-order valence-electron chi connectivity index (χ4n) is 1.20. The van der Waals surface area contributed by atoms with Gasteiger partial charge in [0.25, 0.3) is 5.91 Å². The van der Waals surface area contributed by atoms with E-state index in [1.165, 1.54) is 0 Å². The number of nitrogens with one attached hydrogen (secondary N) is 1. The van der Waals surface area contributed by atoms with Crippen LogP contribution < -0.4 is 5.32 Å². The number of aliphatic hydroxyl groups is 1. The predicted octanol–water partition coefficient (Wildman–Crippen LogP) is 1.50. The highest BCUT2D eigenvalue weighted by Crippen LogP contribution is 2.02. The van der Waals surface area contributed by atoms with Crippen molar-refractivity contribution < 1.29 is 9.90 Å². The Labute approximate surface area is 90.1 Å². The number of hydrogen-bond donors (Lipinski definition) is 2. The molecule has 1 atom stereocenters. The smallest absolute Gasteiger partial charge is 0.251 e. The Morgan fingerprint density at radius 1 is 1.40 bits per heavy atom. The lowest BCUT2D eigenvalue weighted by atomic mass is 10.1. The van der Waals surface area contributed by atoms with Gasteiger partial charge in [-0.15, -0.1) is 0 Å². The summed E-state index contributed by atoms with van der Waals surface area (Å²) in [6.07, 6.45) is 0.209. The molecular formula is C12H17NO2. The van der Waals surface area contributed by atoms with Gasteiger partial charge in [0.2, 0.25) is 0 Å². The van der Waals surface area contributed by atoms with Gasteiger partial charge in [0.1, 0.15) is 0 Å². The summed E-state index contributed by atoms with van der Waals surface area (Å²) in [5, 5.41) is 11.8.